The van der Waals surface area contributed by atoms with Gasteiger partial charge in [0.15, 0.2) is 18.9 Å². The molecular formula is C17H28N2O8. The maximum Gasteiger partial charge on any atom is 0.228 e. The molecular weight excluding hydrogens is 360 g/mol. The van der Waals surface area contributed by atoms with Crippen LogP contribution in [0.5, 0.6) is 0 Å². The van der Waals surface area contributed by atoms with Gasteiger partial charge >= 0.3 is 0 Å². The first-order valence-corrected chi connectivity index (χ1v) is 9.20. The van der Waals surface area contributed by atoms with Crippen LogP contribution in [0.15, 0.2) is 0 Å². The predicted molar refractivity (Wildman–Crippen MR) is 90.0 cm³/mol. The Balaban J connectivity index is 1.52. The molecule has 10 heteroatoms. The zero-order valence-electron chi connectivity index (χ0n) is 16.1. The number of fused-ring (bicyclic) bond motifs is 3. The van der Waals surface area contributed by atoms with Crippen LogP contribution >= 0.6 is 0 Å². The molecule has 0 spiro atoms. The standard InChI is InChI=1S/C17H28N2O8/c1-5-11(21)18(3)8-19(4)12(22)6-13-25-16-15-14(27-17(16)26-13)10(7-20)23-9(2)24-15/h9-10,13-17,20H,5-8H2,1-4H3. The number of aliphatic hydroxyl groups excluding tert-OH is 1. The van der Waals surface area contributed by atoms with E-state index in [2.05, 4.69) is 0 Å². The molecule has 2 amide bonds. The monoisotopic (exact) mass is 388 g/mol. The fraction of sp³-hybridized carbons (Fsp3) is 0.882. The number of carbonyl (C=O) groups is 2. The summed E-state index contributed by atoms with van der Waals surface area (Å²) in [4.78, 5) is 27.0. The van der Waals surface area contributed by atoms with E-state index in [4.69, 9.17) is 23.7 Å². The highest BCUT2D eigenvalue weighted by molar-refractivity contribution is 5.78. The van der Waals surface area contributed by atoms with Crippen molar-refractivity contribution in [3.63, 3.8) is 0 Å². The van der Waals surface area contributed by atoms with Crippen molar-refractivity contribution in [3.05, 3.63) is 0 Å². The SMILES string of the molecule is CCC(=O)N(C)CN(C)C(=O)CC1OC2OC3C(CO)OC(C)OC3C2O1. The summed E-state index contributed by atoms with van der Waals surface area (Å²) in [7, 11) is 3.27. The Morgan fingerprint density at radius 1 is 0.926 bits per heavy atom. The lowest BCUT2D eigenvalue weighted by molar-refractivity contribution is -0.295. The van der Waals surface area contributed by atoms with Crippen molar-refractivity contribution >= 4 is 11.8 Å². The van der Waals surface area contributed by atoms with Gasteiger partial charge in [0.05, 0.1) is 19.7 Å². The zero-order valence-corrected chi connectivity index (χ0v) is 16.1. The van der Waals surface area contributed by atoms with Crippen molar-refractivity contribution in [2.75, 3.05) is 27.4 Å². The van der Waals surface area contributed by atoms with Crippen LogP contribution in [-0.4, -0.2) is 97.4 Å². The maximum atomic E-state index is 12.4. The molecule has 0 aliphatic carbocycles. The maximum absolute atomic E-state index is 12.4. The molecule has 0 bridgehead atoms. The Kier molecular flexibility index (Phi) is 6.34. The quantitative estimate of drug-likeness (QED) is 0.593. The second kappa shape index (κ2) is 8.38. The Hall–Kier alpha value is -1.30. The van der Waals surface area contributed by atoms with Crippen molar-refractivity contribution in [3.8, 4) is 0 Å². The van der Waals surface area contributed by atoms with Crippen molar-refractivity contribution in [2.24, 2.45) is 0 Å². The van der Waals surface area contributed by atoms with Gasteiger partial charge in [-0.3, -0.25) is 9.59 Å². The van der Waals surface area contributed by atoms with Crippen LogP contribution in [0.1, 0.15) is 26.7 Å². The third-order valence-electron chi connectivity index (χ3n) is 4.98. The molecule has 0 saturated carbocycles. The molecule has 154 valence electrons. The average Bonchev–Trinajstić information content (AvgIpc) is 3.17. The number of rotatable bonds is 6. The molecule has 27 heavy (non-hydrogen) atoms. The third kappa shape index (κ3) is 4.25. The highest BCUT2D eigenvalue weighted by Gasteiger charge is 2.57. The summed E-state index contributed by atoms with van der Waals surface area (Å²) in [5.74, 6) is -0.247. The van der Waals surface area contributed by atoms with Crippen LogP contribution in [0, 0.1) is 0 Å². The number of aliphatic hydroxyl groups is 1. The smallest absolute Gasteiger partial charge is 0.228 e. The largest absolute Gasteiger partial charge is 0.394 e. The van der Waals surface area contributed by atoms with E-state index in [-0.39, 0.29) is 31.5 Å². The average molecular weight is 388 g/mol. The molecule has 0 aromatic heterocycles. The first kappa shape index (κ1) is 20.4. The highest BCUT2D eigenvalue weighted by Crippen LogP contribution is 2.39. The van der Waals surface area contributed by atoms with E-state index >= 15 is 0 Å². The van der Waals surface area contributed by atoms with Gasteiger partial charge in [-0.15, -0.1) is 0 Å². The lowest BCUT2D eigenvalue weighted by atomic mass is 10.0. The molecule has 7 unspecified atom stereocenters. The van der Waals surface area contributed by atoms with E-state index in [1.54, 1.807) is 27.9 Å². The van der Waals surface area contributed by atoms with Crippen LogP contribution in [0.4, 0.5) is 0 Å². The van der Waals surface area contributed by atoms with E-state index in [1.165, 1.54) is 9.80 Å². The fourth-order valence-corrected chi connectivity index (χ4v) is 3.58. The first-order chi connectivity index (χ1) is 12.8. The van der Waals surface area contributed by atoms with Gasteiger partial charge in [0.2, 0.25) is 11.8 Å². The minimum Gasteiger partial charge on any atom is -0.394 e. The summed E-state index contributed by atoms with van der Waals surface area (Å²) in [6.45, 7) is 3.52. The summed E-state index contributed by atoms with van der Waals surface area (Å²) in [6, 6.07) is 0. The number of nitrogens with zero attached hydrogens (tertiary/aromatic N) is 2. The predicted octanol–water partition coefficient (Wildman–Crippen LogP) is -0.750. The minimum atomic E-state index is -0.752. The third-order valence-corrected chi connectivity index (χ3v) is 4.98. The van der Waals surface area contributed by atoms with Gasteiger partial charge in [0.25, 0.3) is 0 Å². The lowest BCUT2D eigenvalue weighted by Gasteiger charge is -2.37. The number of hydrogen-bond acceptors (Lipinski definition) is 8. The molecule has 0 aromatic carbocycles. The molecule has 0 radical (unpaired) electrons. The van der Waals surface area contributed by atoms with E-state index in [9.17, 15) is 14.7 Å². The highest BCUT2D eigenvalue weighted by atomic mass is 16.8. The van der Waals surface area contributed by atoms with Crippen molar-refractivity contribution in [2.45, 2.75) is 70.0 Å². The van der Waals surface area contributed by atoms with E-state index in [0.717, 1.165) is 0 Å². The van der Waals surface area contributed by atoms with E-state index < -0.39 is 43.3 Å². The fourth-order valence-electron chi connectivity index (χ4n) is 3.58. The van der Waals surface area contributed by atoms with Crippen molar-refractivity contribution in [1.82, 2.24) is 9.80 Å². The van der Waals surface area contributed by atoms with Gasteiger partial charge in [-0.1, -0.05) is 6.92 Å². The first-order valence-electron chi connectivity index (χ1n) is 9.20. The van der Waals surface area contributed by atoms with E-state index in [0.29, 0.717) is 6.42 Å². The zero-order chi connectivity index (χ0) is 19.7. The van der Waals surface area contributed by atoms with Crippen LogP contribution in [-0.2, 0) is 33.3 Å². The van der Waals surface area contributed by atoms with Crippen molar-refractivity contribution in [1.29, 1.82) is 0 Å². The summed E-state index contributed by atoms with van der Waals surface area (Å²) in [5.41, 5.74) is 0. The molecule has 3 fully saturated rings. The van der Waals surface area contributed by atoms with Gasteiger partial charge < -0.3 is 38.6 Å². The van der Waals surface area contributed by atoms with Crippen LogP contribution in [0.3, 0.4) is 0 Å². The second-order valence-electron chi connectivity index (χ2n) is 7.04. The summed E-state index contributed by atoms with van der Waals surface area (Å²) in [6.07, 6.45) is -3.42. The van der Waals surface area contributed by atoms with Gasteiger partial charge in [0, 0.05) is 20.5 Å². The summed E-state index contributed by atoms with van der Waals surface area (Å²) in [5, 5.41) is 9.46. The Bertz CT molecular complexity index is 561. The van der Waals surface area contributed by atoms with E-state index in [1.807, 2.05) is 0 Å². The van der Waals surface area contributed by atoms with Gasteiger partial charge in [-0.25, -0.2) is 0 Å². The molecule has 10 nitrogen and oxygen atoms in total. The lowest BCUT2D eigenvalue weighted by Crippen LogP contribution is -2.52. The molecule has 0 aromatic rings. The molecule has 3 rings (SSSR count). The van der Waals surface area contributed by atoms with Gasteiger partial charge in [-0.2, -0.15) is 0 Å². The minimum absolute atomic E-state index is 0.00782. The second-order valence-corrected chi connectivity index (χ2v) is 7.04. The van der Waals surface area contributed by atoms with Gasteiger partial charge in [0.1, 0.15) is 24.4 Å². The molecule has 3 saturated heterocycles. The molecule has 3 aliphatic heterocycles. The van der Waals surface area contributed by atoms with Crippen LogP contribution in [0.25, 0.3) is 0 Å². The van der Waals surface area contributed by atoms with Crippen LogP contribution < -0.4 is 0 Å². The Morgan fingerprint density at radius 2 is 1.63 bits per heavy atom. The topological polar surface area (TPSA) is 107 Å². The van der Waals surface area contributed by atoms with Crippen LogP contribution in [0.2, 0.25) is 0 Å². The number of hydrogen-bond donors (Lipinski definition) is 1. The Labute approximate surface area is 158 Å². The number of amides is 2. The van der Waals surface area contributed by atoms with Crippen molar-refractivity contribution < 1.29 is 38.4 Å². The summed E-state index contributed by atoms with van der Waals surface area (Å²) >= 11 is 0. The normalized spacial score (nSPS) is 37.6. The molecule has 7 atom stereocenters. The molecule has 1 N–H and O–H groups in total. The Morgan fingerprint density at radius 3 is 2.30 bits per heavy atom. The number of carbonyl (C=O) groups excluding carboxylic acids is 2. The summed E-state index contributed by atoms with van der Waals surface area (Å²) < 4.78 is 28.6. The van der Waals surface area contributed by atoms with Gasteiger partial charge in [-0.05, 0) is 6.92 Å². The molecule has 3 heterocycles. The number of ether oxygens (including phenoxy) is 5. The molecule has 3 aliphatic rings.